The smallest absolute Gasteiger partial charge is 0.256 e. The van der Waals surface area contributed by atoms with E-state index in [0.717, 1.165) is 31.4 Å². The summed E-state index contributed by atoms with van der Waals surface area (Å²) in [5.41, 5.74) is 2.06. The lowest BCUT2D eigenvalue weighted by molar-refractivity contribution is 0.0406. The van der Waals surface area contributed by atoms with Crippen molar-refractivity contribution in [3.05, 3.63) is 59.4 Å². The first-order valence-electron chi connectivity index (χ1n) is 9.49. The summed E-state index contributed by atoms with van der Waals surface area (Å²) in [4.78, 5) is 29.7. The Morgan fingerprint density at radius 2 is 1.74 bits per heavy atom. The zero-order valence-electron chi connectivity index (χ0n) is 15.7. The second-order valence-electron chi connectivity index (χ2n) is 7.59. The molecule has 2 saturated heterocycles. The fourth-order valence-corrected chi connectivity index (χ4v) is 4.49. The third kappa shape index (κ3) is 3.31. The van der Waals surface area contributed by atoms with Crippen molar-refractivity contribution in [3.63, 3.8) is 0 Å². The second kappa shape index (κ2) is 7.10. The maximum atomic E-state index is 13.0. The summed E-state index contributed by atoms with van der Waals surface area (Å²) in [6.45, 7) is 1.84. The molecule has 6 nitrogen and oxygen atoms in total. The number of hydrogen-bond acceptors (Lipinski definition) is 4. The largest absolute Gasteiger partial charge is 0.339 e. The average molecular weight is 364 g/mol. The van der Waals surface area contributed by atoms with Crippen molar-refractivity contribution in [3.8, 4) is 0 Å². The molecule has 0 N–H and O–H groups in total. The van der Waals surface area contributed by atoms with Crippen LogP contribution >= 0.6 is 0 Å². The van der Waals surface area contributed by atoms with Crippen LogP contribution in [0.4, 0.5) is 0 Å². The Bertz CT molecular complexity index is 840. The molecule has 6 heteroatoms. The molecule has 3 heterocycles. The minimum Gasteiger partial charge on any atom is -0.339 e. The van der Waals surface area contributed by atoms with Crippen molar-refractivity contribution in [1.29, 1.82) is 0 Å². The summed E-state index contributed by atoms with van der Waals surface area (Å²) >= 11 is 0. The number of fused-ring (bicyclic) bond motifs is 2. The lowest BCUT2D eigenvalue weighted by Gasteiger charge is -2.42. The molecule has 2 aliphatic rings. The second-order valence-corrected chi connectivity index (χ2v) is 7.59. The minimum atomic E-state index is 0.0380. The number of piperidine rings is 1. The molecule has 1 aromatic heterocycles. The van der Waals surface area contributed by atoms with Gasteiger partial charge in [0.05, 0.1) is 17.5 Å². The molecule has 2 fully saturated rings. The molecule has 0 radical (unpaired) electrons. The van der Waals surface area contributed by atoms with Crippen LogP contribution in [-0.4, -0.2) is 57.0 Å². The lowest BCUT2D eigenvalue weighted by atomic mass is 9.95. The minimum absolute atomic E-state index is 0.0380. The van der Waals surface area contributed by atoms with E-state index in [-0.39, 0.29) is 29.9 Å². The number of hydrogen-bond donors (Lipinski definition) is 0. The predicted octanol–water partition coefficient (Wildman–Crippen LogP) is 2.69. The number of aromatic nitrogens is 2. The van der Waals surface area contributed by atoms with Crippen LogP contribution in [0, 0.1) is 6.92 Å². The van der Waals surface area contributed by atoms with E-state index in [2.05, 4.69) is 10.2 Å². The highest BCUT2D eigenvalue weighted by Gasteiger charge is 2.45. The van der Waals surface area contributed by atoms with Gasteiger partial charge < -0.3 is 9.80 Å². The molecule has 0 aliphatic carbocycles. The normalized spacial score (nSPS) is 23.9. The van der Waals surface area contributed by atoms with Crippen molar-refractivity contribution in [2.24, 2.45) is 0 Å². The van der Waals surface area contributed by atoms with Crippen LogP contribution < -0.4 is 0 Å². The molecule has 140 valence electrons. The van der Waals surface area contributed by atoms with Crippen LogP contribution in [0.1, 0.15) is 52.1 Å². The van der Waals surface area contributed by atoms with E-state index in [1.807, 2.05) is 54.1 Å². The van der Waals surface area contributed by atoms with Crippen LogP contribution in [0.2, 0.25) is 0 Å². The van der Waals surface area contributed by atoms with Gasteiger partial charge in [-0.05, 0) is 50.8 Å². The third-order valence-corrected chi connectivity index (χ3v) is 5.86. The first-order valence-corrected chi connectivity index (χ1v) is 9.49. The Morgan fingerprint density at radius 1 is 1.07 bits per heavy atom. The summed E-state index contributed by atoms with van der Waals surface area (Å²) in [5, 5.41) is 7.86. The standard InChI is InChI=1S/C21H24N4O2/c1-14-10-16(13-22-23-14)21(27)25-17-8-9-18(25)12-19(11-17)24(2)20(26)15-6-4-3-5-7-15/h3-7,10,13,17-19H,8-9,11-12H2,1-2H3. The van der Waals surface area contributed by atoms with Crippen LogP contribution in [-0.2, 0) is 0 Å². The summed E-state index contributed by atoms with van der Waals surface area (Å²) in [7, 11) is 1.88. The number of rotatable bonds is 3. The number of nitrogens with zero attached hydrogens (tertiary/aromatic N) is 4. The van der Waals surface area contributed by atoms with Gasteiger partial charge in [0.1, 0.15) is 0 Å². The Balaban J connectivity index is 1.49. The molecular weight excluding hydrogens is 340 g/mol. The van der Waals surface area contributed by atoms with Crippen molar-refractivity contribution in [2.75, 3.05) is 7.05 Å². The SMILES string of the molecule is Cc1cc(C(=O)N2C3CCC2CC(N(C)C(=O)c2ccccc2)C3)cnn1. The van der Waals surface area contributed by atoms with Gasteiger partial charge in [-0.15, -0.1) is 0 Å². The lowest BCUT2D eigenvalue weighted by Crippen LogP contribution is -2.52. The van der Waals surface area contributed by atoms with Crippen LogP contribution in [0.25, 0.3) is 0 Å². The van der Waals surface area contributed by atoms with Gasteiger partial charge in [-0.25, -0.2) is 0 Å². The summed E-state index contributed by atoms with van der Waals surface area (Å²) in [6.07, 6.45) is 5.20. The number of carbonyl (C=O) groups is 2. The molecule has 4 rings (SSSR count). The monoisotopic (exact) mass is 364 g/mol. The summed E-state index contributed by atoms with van der Waals surface area (Å²) < 4.78 is 0. The third-order valence-electron chi connectivity index (χ3n) is 5.86. The van der Waals surface area contributed by atoms with Crippen molar-refractivity contribution in [1.82, 2.24) is 20.0 Å². The average Bonchev–Trinajstić information content (AvgIpc) is 2.96. The Kier molecular flexibility index (Phi) is 4.64. The van der Waals surface area contributed by atoms with Crippen LogP contribution in [0.3, 0.4) is 0 Å². The van der Waals surface area contributed by atoms with E-state index in [4.69, 9.17) is 0 Å². The van der Waals surface area contributed by atoms with Gasteiger partial charge in [0.15, 0.2) is 0 Å². The summed E-state index contributed by atoms with van der Waals surface area (Å²) in [5.74, 6) is 0.0877. The zero-order chi connectivity index (χ0) is 19.0. The van der Waals surface area contributed by atoms with Gasteiger partial charge in [-0.3, -0.25) is 9.59 Å². The molecule has 0 spiro atoms. The molecule has 2 unspecified atom stereocenters. The van der Waals surface area contributed by atoms with E-state index in [1.165, 1.54) is 0 Å². The van der Waals surface area contributed by atoms with E-state index in [9.17, 15) is 9.59 Å². The van der Waals surface area contributed by atoms with Gasteiger partial charge >= 0.3 is 0 Å². The molecule has 2 aromatic rings. The van der Waals surface area contributed by atoms with E-state index in [1.54, 1.807) is 12.3 Å². The number of carbonyl (C=O) groups excluding carboxylic acids is 2. The van der Waals surface area contributed by atoms with Crippen LogP contribution in [0.15, 0.2) is 42.6 Å². The predicted molar refractivity (Wildman–Crippen MR) is 101 cm³/mol. The van der Waals surface area contributed by atoms with Crippen molar-refractivity contribution < 1.29 is 9.59 Å². The molecule has 1 aromatic carbocycles. The molecule has 2 amide bonds. The molecular formula is C21H24N4O2. The first-order chi connectivity index (χ1) is 13.0. The van der Waals surface area contributed by atoms with E-state index in [0.29, 0.717) is 11.1 Å². The van der Waals surface area contributed by atoms with Gasteiger partial charge in [0.2, 0.25) is 0 Å². The quantitative estimate of drug-likeness (QED) is 0.840. The fraction of sp³-hybridized carbons (Fsp3) is 0.429. The molecule has 2 atom stereocenters. The first kappa shape index (κ1) is 17.6. The van der Waals surface area contributed by atoms with Crippen molar-refractivity contribution in [2.45, 2.75) is 50.7 Å². The maximum Gasteiger partial charge on any atom is 0.256 e. The highest BCUT2D eigenvalue weighted by Crippen LogP contribution is 2.38. The van der Waals surface area contributed by atoms with Gasteiger partial charge in [0, 0.05) is 30.7 Å². The molecule has 27 heavy (non-hydrogen) atoms. The Hall–Kier alpha value is -2.76. The molecule has 2 bridgehead atoms. The van der Waals surface area contributed by atoms with Crippen molar-refractivity contribution >= 4 is 11.8 Å². The molecule has 0 saturated carbocycles. The maximum absolute atomic E-state index is 13.0. The van der Waals surface area contributed by atoms with E-state index >= 15 is 0 Å². The summed E-state index contributed by atoms with van der Waals surface area (Å²) in [6, 6.07) is 11.7. The van der Waals surface area contributed by atoms with E-state index < -0.39 is 0 Å². The van der Waals surface area contributed by atoms with Gasteiger partial charge in [-0.1, -0.05) is 18.2 Å². The Morgan fingerprint density at radius 3 is 2.37 bits per heavy atom. The zero-order valence-corrected chi connectivity index (χ0v) is 15.7. The van der Waals surface area contributed by atoms with Crippen LogP contribution in [0.5, 0.6) is 0 Å². The highest BCUT2D eigenvalue weighted by molar-refractivity contribution is 5.95. The Labute approximate surface area is 159 Å². The molecule has 2 aliphatic heterocycles. The van der Waals surface area contributed by atoms with Gasteiger partial charge in [0.25, 0.3) is 11.8 Å². The number of benzene rings is 1. The number of aryl methyl sites for hydroxylation is 1. The highest BCUT2D eigenvalue weighted by atomic mass is 16.2. The topological polar surface area (TPSA) is 66.4 Å². The van der Waals surface area contributed by atoms with Gasteiger partial charge in [-0.2, -0.15) is 10.2 Å². The fourth-order valence-electron chi connectivity index (χ4n) is 4.49. The number of amides is 2.